The first-order valence-electron chi connectivity index (χ1n) is 6.40. The highest BCUT2D eigenvalue weighted by molar-refractivity contribution is 9.10. The minimum Gasteiger partial charge on any atom is -0.495 e. The van der Waals surface area contributed by atoms with Gasteiger partial charge in [0.2, 0.25) is 0 Å². The van der Waals surface area contributed by atoms with Crippen LogP contribution < -0.4 is 4.74 Å². The monoisotopic (exact) mass is 345 g/mol. The number of amides is 2. The average Bonchev–Trinajstić information content (AvgIpc) is 2.73. The molecule has 2 aromatic carbocycles. The third-order valence-corrected chi connectivity index (χ3v) is 4.08. The molecule has 2 amide bonds. The van der Waals surface area contributed by atoms with E-state index in [4.69, 9.17) is 4.74 Å². The molecule has 0 aromatic heterocycles. The molecule has 0 radical (unpaired) electrons. The summed E-state index contributed by atoms with van der Waals surface area (Å²) in [5, 5.41) is 0. The predicted molar refractivity (Wildman–Crippen MR) is 81.3 cm³/mol. The number of carbonyl (C=O) groups is 2. The topological polar surface area (TPSA) is 46.6 Å². The highest BCUT2D eigenvalue weighted by Crippen LogP contribution is 2.32. The molecule has 3 rings (SSSR count). The van der Waals surface area contributed by atoms with Gasteiger partial charge in [-0.3, -0.25) is 14.5 Å². The van der Waals surface area contributed by atoms with Crippen molar-refractivity contribution in [2.24, 2.45) is 0 Å². The summed E-state index contributed by atoms with van der Waals surface area (Å²) in [7, 11) is 1.56. The molecule has 106 valence electrons. The number of imide groups is 1. The Balaban J connectivity index is 1.96. The first-order chi connectivity index (χ1) is 10.1. The molecule has 4 nitrogen and oxygen atoms in total. The molecule has 0 fully saturated rings. The second-order valence-corrected chi connectivity index (χ2v) is 5.53. The van der Waals surface area contributed by atoms with Crippen molar-refractivity contribution in [1.82, 2.24) is 4.90 Å². The van der Waals surface area contributed by atoms with Crippen molar-refractivity contribution in [3.63, 3.8) is 0 Å². The zero-order valence-electron chi connectivity index (χ0n) is 11.3. The third-order valence-electron chi connectivity index (χ3n) is 3.46. The Morgan fingerprint density at radius 3 is 2.19 bits per heavy atom. The zero-order valence-corrected chi connectivity index (χ0v) is 12.9. The van der Waals surface area contributed by atoms with E-state index in [-0.39, 0.29) is 18.4 Å². The van der Waals surface area contributed by atoms with Crippen molar-refractivity contribution < 1.29 is 14.3 Å². The van der Waals surface area contributed by atoms with Crippen LogP contribution in [0.5, 0.6) is 5.75 Å². The molecule has 0 atom stereocenters. The number of benzene rings is 2. The molecule has 1 aliphatic rings. The number of ether oxygens (including phenoxy) is 1. The van der Waals surface area contributed by atoms with Gasteiger partial charge in [-0.05, 0) is 34.1 Å². The number of hydrogen-bond acceptors (Lipinski definition) is 3. The van der Waals surface area contributed by atoms with Gasteiger partial charge in [-0.1, -0.05) is 24.3 Å². The van der Waals surface area contributed by atoms with Gasteiger partial charge in [-0.15, -0.1) is 0 Å². The van der Waals surface area contributed by atoms with Gasteiger partial charge in [0.1, 0.15) is 5.75 Å². The summed E-state index contributed by atoms with van der Waals surface area (Å²) in [5.41, 5.74) is 1.69. The molecule has 0 aliphatic carbocycles. The molecule has 2 aromatic rings. The van der Waals surface area contributed by atoms with Gasteiger partial charge in [0.15, 0.2) is 0 Å². The van der Waals surface area contributed by atoms with Crippen molar-refractivity contribution in [3.05, 3.63) is 63.6 Å². The lowest BCUT2D eigenvalue weighted by molar-refractivity contribution is 0.0641. The van der Waals surface area contributed by atoms with Crippen LogP contribution in [0.25, 0.3) is 0 Å². The molecule has 0 bridgehead atoms. The Kier molecular flexibility index (Phi) is 3.51. The summed E-state index contributed by atoms with van der Waals surface area (Å²) in [6.07, 6.45) is 0. The van der Waals surface area contributed by atoms with Crippen LogP contribution in [0.3, 0.4) is 0 Å². The molecule has 1 heterocycles. The van der Waals surface area contributed by atoms with Gasteiger partial charge in [0.25, 0.3) is 11.8 Å². The quantitative estimate of drug-likeness (QED) is 0.802. The van der Waals surface area contributed by atoms with E-state index in [1.54, 1.807) is 31.4 Å². The van der Waals surface area contributed by atoms with Crippen LogP contribution in [0.2, 0.25) is 0 Å². The molecule has 0 spiro atoms. The summed E-state index contributed by atoms with van der Waals surface area (Å²) in [4.78, 5) is 25.9. The van der Waals surface area contributed by atoms with Crippen LogP contribution in [0.1, 0.15) is 26.3 Å². The number of nitrogens with zero attached hydrogens (tertiary/aromatic N) is 1. The van der Waals surface area contributed by atoms with E-state index >= 15 is 0 Å². The Morgan fingerprint density at radius 1 is 1.00 bits per heavy atom. The maximum Gasteiger partial charge on any atom is 0.261 e. The molecule has 0 saturated carbocycles. The van der Waals surface area contributed by atoms with Gasteiger partial charge >= 0.3 is 0 Å². The number of fused-ring (bicyclic) bond motifs is 1. The van der Waals surface area contributed by atoms with Gasteiger partial charge in [-0.2, -0.15) is 0 Å². The van der Waals surface area contributed by atoms with Crippen LogP contribution in [0.4, 0.5) is 0 Å². The number of rotatable bonds is 3. The number of halogens is 1. The summed E-state index contributed by atoms with van der Waals surface area (Å²) < 4.78 is 6.13. The number of methoxy groups -OCH3 is 1. The minimum atomic E-state index is -0.266. The fraction of sp³-hybridized carbons (Fsp3) is 0.125. The third kappa shape index (κ3) is 2.23. The van der Waals surface area contributed by atoms with E-state index in [9.17, 15) is 9.59 Å². The maximum atomic E-state index is 12.3. The van der Waals surface area contributed by atoms with E-state index in [0.29, 0.717) is 16.9 Å². The Hall–Kier alpha value is -2.14. The second-order valence-electron chi connectivity index (χ2n) is 4.67. The van der Waals surface area contributed by atoms with E-state index in [1.165, 1.54) is 4.90 Å². The van der Waals surface area contributed by atoms with Gasteiger partial charge in [0.05, 0.1) is 29.3 Å². The van der Waals surface area contributed by atoms with Crippen LogP contribution in [0, 0.1) is 0 Å². The minimum absolute atomic E-state index is 0.189. The first kappa shape index (κ1) is 13.8. The van der Waals surface area contributed by atoms with Crippen molar-refractivity contribution >= 4 is 27.7 Å². The number of hydrogen-bond donors (Lipinski definition) is 0. The highest BCUT2D eigenvalue weighted by atomic mass is 79.9. The maximum absolute atomic E-state index is 12.3. The van der Waals surface area contributed by atoms with Crippen LogP contribution in [0.15, 0.2) is 46.9 Å². The standard InChI is InChI=1S/C16H12BrNO3/c1-21-14-10(5-4-8-13(14)17)9-18-15(19)11-6-2-3-7-12(11)16(18)20/h2-8H,9H2,1H3. The highest BCUT2D eigenvalue weighted by Gasteiger charge is 2.35. The van der Waals surface area contributed by atoms with Crippen LogP contribution in [-0.4, -0.2) is 23.8 Å². The van der Waals surface area contributed by atoms with Gasteiger partial charge in [-0.25, -0.2) is 0 Å². The van der Waals surface area contributed by atoms with Crippen LogP contribution in [-0.2, 0) is 6.54 Å². The second kappa shape index (κ2) is 5.33. The van der Waals surface area contributed by atoms with Crippen molar-refractivity contribution in [3.8, 4) is 5.75 Å². The summed E-state index contributed by atoms with van der Waals surface area (Å²) >= 11 is 3.40. The molecule has 0 unspecified atom stereocenters. The lowest BCUT2D eigenvalue weighted by atomic mass is 10.1. The van der Waals surface area contributed by atoms with Gasteiger partial charge < -0.3 is 4.74 Å². The lowest BCUT2D eigenvalue weighted by Crippen LogP contribution is -2.29. The van der Waals surface area contributed by atoms with Crippen molar-refractivity contribution in [2.75, 3.05) is 7.11 Å². The Bertz CT molecular complexity index is 707. The smallest absolute Gasteiger partial charge is 0.261 e. The summed E-state index contributed by atoms with van der Waals surface area (Å²) in [6.45, 7) is 0.189. The largest absolute Gasteiger partial charge is 0.495 e. The zero-order chi connectivity index (χ0) is 15.0. The van der Waals surface area contributed by atoms with Crippen molar-refractivity contribution in [1.29, 1.82) is 0 Å². The molecular weight excluding hydrogens is 334 g/mol. The fourth-order valence-corrected chi connectivity index (χ4v) is 3.03. The van der Waals surface area contributed by atoms with Crippen molar-refractivity contribution in [2.45, 2.75) is 6.54 Å². The molecule has 21 heavy (non-hydrogen) atoms. The Morgan fingerprint density at radius 2 is 1.62 bits per heavy atom. The SMILES string of the molecule is COc1c(Br)cccc1CN1C(=O)c2ccccc2C1=O. The van der Waals surface area contributed by atoms with E-state index in [2.05, 4.69) is 15.9 Å². The lowest BCUT2D eigenvalue weighted by Gasteiger charge is -2.16. The van der Waals surface area contributed by atoms with E-state index < -0.39 is 0 Å². The van der Waals surface area contributed by atoms with E-state index in [0.717, 1.165) is 10.0 Å². The molecule has 5 heteroatoms. The predicted octanol–water partition coefficient (Wildman–Crippen LogP) is 3.25. The first-order valence-corrected chi connectivity index (χ1v) is 7.19. The summed E-state index contributed by atoms with van der Waals surface area (Å²) in [5.74, 6) is 0.101. The molecule has 1 aliphatic heterocycles. The van der Waals surface area contributed by atoms with E-state index in [1.807, 2.05) is 18.2 Å². The fourth-order valence-electron chi connectivity index (χ4n) is 2.46. The number of para-hydroxylation sites is 1. The summed E-state index contributed by atoms with van der Waals surface area (Å²) in [6, 6.07) is 12.4. The van der Waals surface area contributed by atoms with Crippen LogP contribution >= 0.6 is 15.9 Å². The normalized spacial score (nSPS) is 13.5. The van der Waals surface area contributed by atoms with Gasteiger partial charge in [0, 0.05) is 5.56 Å². The Labute approximate surface area is 130 Å². The molecule has 0 saturated heterocycles. The average molecular weight is 346 g/mol. The molecular formula is C16H12BrNO3. The number of carbonyl (C=O) groups excluding carboxylic acids is 2. The molecule has 0 N–H and O–H groups in total.